The fourth-order valence-electron chi connectivity index (χ4n) is 2.88. The van der Waals surface area contributed by atoms with Crippen molar-refractivity contribution >= 4 is 9.84 Å². The minimum Gasteiger partial charge on any atom is -0.497 e. The molecule has 0 bridgehead atoms. The molecule has 22 heavy (non-hydrogen) atoms. The van der Waals surface area contributed by atoms with Gasteiger partial charge in [-0.25, -0.2) is 8.42 Å². The standard InChI is InChI=1S/C17H18O4S/c1-20-13-10-8-12(9-11-13)15-16(21-2)17(15)22(18,19)14-6-4-3-5-7-14/h3-11,15-17H,1-2H3/t15-,16-,17-/m1/s1. The molecule has 3 rings (SSSR count). The largest absolute Gasteiger partial charge is 0.497 e. The number of ether oxygens (including phenoxy) is 2. The van der Waals surface area contributed by atoms with Gasteiger partial charge in [-0.2, -0.15) is 0 Å². The summed E-state index contributed by atoms with van der Waals surface area (Å²) < 4.78 is 36.1. The van der Waals surface area contributed by atoms with Gasteiger partial charge in [-0.1, -0.05) is 30.3 Å². The van der Waals surface area contributed by atoms with Crippen LogP contribution >= 0.6 is 0 Å². The highest BCUT2D eigenvalue weighted by Crippen LogP contribution is 2.50. The molecule has 5 heteroatoms. The third-order valence-electron chi connectivity index (χ3n) is 4.09. The summed E-state index contributed by atoms with van der Waals surface area (Å²) in [5, 5.41) is -0.534. The third-order valence-corrected chi connectivity index (χ3v) is 6.30. The zero-order valence-corrected chi connectivity index (χ0v) is 13.3. The Kier molecular flexibility index (Phi) is 3.93. The maximum atomic E-state index is 12.8. The predicted molar refractivity (Wildman–Crippen MR) is 83.9 cm³/mol. The van der Waals surface area contributed by atoms with Crippen molar-refractivity contribution in [2.45, 2.75) is 22.2 Å². The van der Waals surface area contributed by atoms with Gasteiger partial charge in [-0.15, -0.1) is 0 Å². The average molecular weight is 318 g/mol. The van der Waals surface area contributed by atoms with E-state index in [9.17, 15) is 8.42 Å². The highest BCUT2D eigenvalue weighted by Gasteiger charge is 2.59. The number of methoxy groups -OCH3 is 2. The minimum atomic E-state index is -3.40. The first-order chi connectivity index (χ1) is 10.6. The molecule has 0 heterocycles. The average Bonchev–Trinajstić information content (AvgIpc) is 3.31. The second-order valence-corrected chi connectivity index (χ2v) is 7.43. The van der Waals surface area contributed by atoms with Crippen LogP contribution in [0.15, 0.2) is 59.5 Å². The van der Waals surface area contributed by atoms with Crippen molar-refractivity contribution in [2.75, 3.05) is 14.2 Å². The Labute approximate surface area is 130 Å². The number of hydrogen-bond acceptors (Lipinski definition) is 4. The molecule has 2 aromatic rings. The molecule has 2 aromatic carbocycles. The quantitative estimate of drug-likeness (QED) is 0.850. The summed E-state index contributed by atoms with van der Waals surface area (Å²) in [6, 6.07) is 16.0. The zero-order valence-electron chi connectivity index (χ0n) is 12.5. The lowest BCUT2D eigenvalue weighted by Gasteiger charge is -2.04. The van der Waals surface area contributed by atoms with Gasteiger partial charge in [0.15, 0.2) is 9.84 Å². The molecule has 4 nitrogen and oxygen atoms in total. The SMILES string of the molecule is COc1ccc([C@@H]2[C@@H](OC)[C@@H]2S(=O)(=O)c2ccccc2)cc1. The normalized spacial score (nSPS) is 24.0. The molecule has 0 aromatic heterocycles. The van der Waals surface area contributed by atoms with E-state index in [0.717, 1.165) is 11.3 Å². The first-order valence-corrected chi connectivity index (χ1v) is 8.60. The van der Waals surface area contributed by atoms with E-state index in [2.05, 4.69) is 0 Å². The van der Waals surface area contributed by atoms with Crippen LogP contribution in [0, 0.1) is 0 Å². The van der Waals surface area contributed by atoms with Gasteiger partial charge >= 0.3 is 0 Å². The van der Waals surface area contributed by atoms with Crippen LogP contribution in [0.2, 0.25) is 0 Å². The summed E-state index contributed by atoms with van der Waals surface area (Å²) >= 11 is 0. The monoisotopic (exact) mass is 318 g/mol. The van der Waals surface area contributed by atoms with Crippen molar-refractivity contribution < 1.29 is 17.9 Å². The lowest BCUT2D eigenvalue weighted by molar-refractivity contribution is 0.178. The lowest BCUT2D eigenvalue weighted by atomic mass is 10.1. The van der Waals surface area contributed by atoms with Gasteiger partial charge in [0.1, 0.15) is 11.0 Å². The van der Waals surface area contributed by atoms with E-state index < -0.39 is 15.1 Å². The minimum absolute atomic E-state index is 0.138. The van der Waals surface area contributed by atoms with Crippen molar-refractivity contribution in [3.8, 4) is 5.75 Å². The Hall–Kier alpha value is -1.85. The van der Waals surface area contributed by atoms with Gasteiger partial charge in [0.25, 0.3) is 0 Å². The fourth-order valence-corrected chi connectivity index (χ4v) is 4.97. The zero-order chi connectivity index (χ0) is 15.7. The molecule has 0 spiro atoms. The van der Waals surface area contributed by atoms with E-state index >= 15 is 0 Å². The molecule has 1 fully saturated rings. The van der Waals surface area contributed by atoms with E-state index in [1.807, 2.05) is 24.3 Å². The van der Waals surface area contributed by atoms with E-state index in [1.54, 1.807) is 44.6 Å². The Morgan fingerprint density at radius 3 is 2.09 bits per heavy atom. The molecule has 1 aliphatic rings. The van der Waals surface area contributed by atoms with Gasteiger partial charge in [0.05, 0.1) is 18.1 Å². The predicted octanol–water partition coefficient (Wildman–Crippen LogP) is 2.65. The lowest BCUT2D eigenvalue weighted by Crippen LogP contribution is -2.12. The molecule has 1 aliphatic carbocycles. The molecule has 1 saturated carbocycles. The maximum absolute atomic E-state index is 12.8. The maximum Gasteiger partial charge on any atom is 0.184 e. The van der Waals surface area contributed by atoms with Crippen LogP contribution in [-0.2, 0) is 14.6 Å². The summed E-state index contributed by atoms with van der Waals surface area (Å²) in [6.07, 6.45) is -0.307. The number of benzene rings is 2. The van der Waals surface area contributed by atoms with Crippen LogP contribution in [0.25, 0.3) is 0 Å². The van der Waals surface area contributed by atoms with E-state index in [4.69, 9.17) is 9.47 Å². The fraction of sp³-hybridized carbons (Fsp3) is 0.294. The first kappa shape index (κ1) is 15.1. The smallest absolute Gasteiger partial charge is 0.184 e. The Morgan fingerprint density at radius 2 is 1.55 bits per heavy atom. The molecule has 0 N–H and O–H groups in total. The van der Waals surface area contributed by atoms with Gasteiger partial charge in [0, 0.05) is 13.0 Å². The topological polar surface area (TPSA) is 52.6 Å². The van der Waals surface area contributed by atoms with Gasteiger partial charge in [0.2, 0.25) is 0 Å². The molecular weight excluding hydrogens is 300 g/mol. The van der Waals surface area contributed by atoms with E-state index in [-0.39, 0.29) is 12.0 Å². The second kappa shape index (κ2) is 5.74. The van der Waals surface area contributed by atoms with Crippen LogP contribution in [0.3, 0.4) is 0 Å². The summed E-state index contributed by atoms with van der Waals surface area (Å²) in [7, 11) is -0.235. The van der Waals surface area contributed by atoms with Crippen molar-refractivity contribution in [1.29, 1.82) is 0 Å². The van der Waals surface area contributed by atoms with E-state index in [0.29, 0.717) is 4.90 Å². The summed E-state index contributed by atoms with van der Waals surface area (Å²) in [6.45, 7) is 0. The molecular formula is C17H18O4S. The number of rotatable bonds is 5. The number of sulfone groups is 1. The highest BCUT2D eigenvalue weighted by atomic mass is 32.2. The van der Waals surface area contributed by atoms with Crippen LogP contribution in [-0.4, -0.2) is 34.0 Å². The van der Waals surface area contributed by atoms with Gasteiger partial charge in [-0.05, 0) is 29.8 Å². The Balaban J connectivity index is 1.91. The molecule has 0 radical (unpaired) electrons. The second-order valence-electron chi connectivity index (χ2n) is 5.32. The summed E-state index contributed by atoms with van der Waals surface area (Å²) in [4.78, 5) is 0.345. The Bertz CT molecular complexity index is 738. The molecule has 0 saturated heterocycles. The summed E-state index contributed by atoms with van der Waals surface area (Å²) in [5.74, 6) is 0.613. The molecule has 116 valence electrons. The van der Waals surface area contributed by atoms with Crippen molar-refractivity contribution in [1.82, 2.24) is 0 Å². The van der Waals surface area contributed by atoms with Crippen LogP contribution < -0.4 is 4.74 Å². The number of hydrogen-bond donors (Lipinski definition) is 0. The molecule has 3 atom stereocenters. The van der Waals surface area contributed by atoms with Gasteiger partial charge < -0.3 is 9.47 Å². The third kappa shape index (κ3) is 2.51. The van der Waals surface area contributed by atoms with Crippen molar-refractivity contribution in [3.63, 3.8) is 0 Å². The van der Waals surface area contributed by atoms with E-state index in [1.165, 1.54) is 0 Å². The highest BCUT2D eigenvalue weighted by molar-refractivity contribution is 7.92. The van der Waals surface area contributed by atoms with Gasteiger partial charge in [-0.3, -0.25) is 0 Å². The molecule has 0 aliphatic heterocycles. The van der Waals surface area contributed by atoms with Crippen molar-refractivity contribution in [2.24, 2.45) is 0 Å². The van der Waals surface area contributed by atoms with Crippen molar-refractivity contribution in [3.05, 3.63) is 60.2 Å². The molecule has 0 unspecified atom stereocenters. The van der Waals surface area contributed by atoms with Crippen LogP contribution in [0.1, 0.15) is 11.5 Å². The summed E-state index contributed by atoms with van der Waals surface area (Å²) in [5.41, 5.74) is 0.956. The van der Waals surface area contributed by atoms with Crippen LogP contribution in [0.5, 0.6) is 5.75 Å². The van der Waals surface area contributed by atoms with Crippen LogP contribution in [0.4, 0.5) is 0 Å². The first-order valence-electron chi connectivity index (χ1n) is 7.05. The molecule has 0 amide bonds. The Morgan fingerprint density at radius 1 is 0.909 bits per heavy atom.